The third-order valence-electron chi connectivity index (χ3n) is 3.49. The Kier molecular flexibility index (Phi) is 6.93. The maximum absolute atomic E-state index is 12.5. The van der Waals surface area contributed by atoms with E-state index in [0.29, 0.717) is 17.1 Å². The van der Waals surface area contributed by atoms with Gasteiger partial charge in [0.25, 0.3) is 0 Å². The summed E-state index contributed by atoms with van der Waals surface area (Å²) >= 11 is 1.61. The molecule has 0 heterocycles. The molecule has 2 aromatic carbocycles. The number of methoxy groups -OCH3 is 1. The minimum absolute atomic E-state index is 0.322. The van der Waals surface area contributed by atoms with Gasteiger partial charge in [-0.05, 0) is 30.0 Å². The van der Waals surface area contributed by atoms with E-state index in [1.807, 2.05) is 25.1 Å². The largest absolute Gasteiger partial charge is 0.497 e. The number of thioether (sulfide) groups is 1. The summed E-state index contributed by atoms with van der Waals surface area (Å²) in [7, 11) is -2.14. The fraction of sp³-hybridized carbons (Fsp3) is 0.278. The second-order valence-electron chi connectivity index (χ2n) is 5.45. The van der Waals surface area contributed by atoms with Crippen LogP contribution in [0.4, 0.5) is 11.4 Å². The Morgan fingerprint density at radius 1 is 1.19 bits per heavy atom. The molecule has 0 saturated heterocycles. The van der Waals surface area contributed by atoms with Gasteiger partial charge in [0.05, 0.1) is 24.7 Å². The Labute approximate surface area is 158 Å². The zero-order chi connectivity index (χ0) is 19.2. The molecule has 0 aliphatic rings. The second kappa shape index (κ2) is 8.95. The Morgan fingerprint density at radius 3 is 2.58 bits per heavy atom. The van der Waals surface area contributed by atoms with E-state index in [4.69, 9.17) is 4.74 Å². The van der Waals surface area contributed by atoms with Gasteiger partial charge in [-0.25, -0.2) is 8.42 Å². The number of carbonyl (C=O) groups excluding carboxylic acids is 1. The van der Waals surface area contributed by atoms with Crippen molar-refractivity contribution in [1.29, 1.82) is 0 Å². The Bertz CT molecular complexity index is 869. The zero-order valence-electron chi connectivity index (χ0n) is 14.9. The van der Waals surface area contributed by atoms with Crippen LogP contribution in [0.2, 0.25) is 0 Å². The van der Waals surface area contributed by atoms with Crippen molar-refractivity contribution in [3.63, 3.8) is 0 Å². The summed E-state index contributed by atoms with van der Waals surface area (Å²) in [6, 6.07) is 14.0. The van der Waals surface area contributed by atoms with Crippen LogP contribution in [0.15, 0.2) is 53.4 Å². The molecule has 0 unspecified atom stereocenters. The fourth-order valence-corrected chi connectivity index (χ4v) is 3.95. The normalized spacial score (nSPS) is 11.0. The minimum atomic E-state index is -3.64. The predicted molar refractivity (Wildman–Crippen MR) is 107 cm³/mol. The zero-order valence-corrected chi connectivity index (χ0v) is 16.6. The molecule has 0 aromatic heterocycles. The molecule has 2 rings (SSSR count). The molecule has 2 aromatic rings. The number of benzene rings is 2. The number of nitrogens with one attached hydrogen (secondary N) is 1. The second-order valence-corrected chi connectivity index (χ2v) is 8.66. The molecule has 1 amide bonds. The van der Waals surface area contributed by atoms with E-state index in [2.05, 4.69) is 5.32 Å². The van der Waals surface area contributed by atoms with Crippen LogP contribution in [0.3, 0.4) is 0 Å². The molecule has 8 heteroatoms. The third kappa shape index (κ3) is 5.40. The standard InChI is InChI=1S/C18H22N2O4S2/c1-4-25-17-11-6-5-10-16(17)19-18(21)13-20(26(3,22)23)14-8-7-9-15(12-14)24-2/h5-12H,4,13H2,1-3H3,(H,19,21). The first-order valence-corrected chi connectivity index (χ1v) is 10.8. The molecular weight excluding hydrogens is 372 g/mol. The van der Waals surface area contributed by atoms with Gasteiger partial charge in [-0.3, -0.25) is 9.10 Å². The highest BCUT2D eigenvalue weighted by Crippen LogP contribution is 2.27. The quantitative estimate of drug-likeness (QED) is 0.696. The van der Waals surface area contributed by atoms with E-state index >= 15 is 0 Å². The lowest BCUT2D eigenvalue weighted by Gasteiger charge is -2.22. The lowest BCUT2D eigenvalue weighted by Crippen LogP contribution is -2.37. The van der Waals surface area contributed by atoms with Crippen LogP contribution in [-0.2, 0) is 14.8 Å². The number of hydrogen-bond acceptors (Lipinski definition) is 5. The van der Waals surface area contributed by atoms with Crippen LogP contribution >= 0.6 is 11.8 Å². The lowest BCUT2D eigenvalue weighted by molar-refractivity contribution is -0.114. The monoisotopic (exact) mass is 394 g/mol. The summed E-state index contributed by atoms with van der Waals surface area (Å²) < 4.78 is 30.6. The van der Waals surface area contributed by atoms with Gasteiger partial charge in [0.2, 0.25) is 15.9 Å². The van der Waals surface area contributed by atoms with Gasteiger partial charge < -0.3 is 10.1 Å². The first-order chi connectivity index (χ1) is 12.3. The Hall–Kier alpha value is -2.19. The number of para-hydroxylation sites is 1. The molecule has 0 aliphatic heterocycles. The predicted octanol–water partition coefficient (Wildman–Crippen LogP) is 3.21. The molecule has 140 valence electrons. The minimum Gasteiger partial charge on any atom is -0.497 e. The average molecular weight is 395 g/mol. The summed E-state index contributed by atoms with van der Waals surface area (Å²) in [5.74, 6) is 0.968. The van der Waals surface area contributed by atoms with Gasteiger partial charge in [-0.1, -0.05) is 25.1 Å². The molecule has 0 fully saturated rings. The van der Waals surface area contributed by atoms with Gasteiger partial charge in [0.15, 0.2) is 0 Å². The number of ether oxygens (including phenoxy) is 1. The lowest BCUT2D eigenvalue weighted by atomic mass is 10.3. The first-order valence-electron chi connectivity index (χ1n) is 7.98. The van der Waals surface area contributed by atoms with Crippen LogP contribution < -0.4 is 14.4 Å². The van der Waals surface area contributed by atoms with Crippen molar-refractivity contribution in [2.75, 3.05) is 35.3 Å². The summed E-state index contributed by atoms with van der Waals surface area (Å²) in [6.07, 6.45) is 1.07. The first kappa shape index (κ1) is 20.1. The van der Waals surface area contributed by atoms with E-state index in [1.54, 1.807) is 42.1 Å². The average Bonchev–Trinajstić information content (AvgIpc) is 2.60. The molecule has 0 aliphatic carbocycles. The van der Waals surface area contributed by atoms with Gasteiger partial charge in [-0.15, -0.1) is 11.8 Å². The summed E-state index contributed by atoms with van der Waals surface area (Å²) in [5, 5.41) is 2.80. The van der Waals surface area contributed by atoms with Crippen LogP contribution in [-0.4, -0.2) is 40.0 Å². The number of nitrogens with zero attached hydrogens (tertiary/aromatic N) is 1. The van der Waals surface area contributed by atoms with Gasteiger partial charge in [0.1, 0.15) is 12.3 Å². The highest BCUT2D eigenvalue weighted by molar-refractivity contribution is 7.99. The van der Waals surface area contributed by atoms with Crippen LogP contribution in [0.25, 0.3) is 0 Å². The van der Waals surface area contributed by atoms with Gasteiger partial charge in [0, 0.05) is 11.0 Å². The summed E-state index contributed by atoms with van der Waals surface area (Å²) in [5.41, 5.74) is 1.04. The highest BCUT2D eigenvalue weighted by atomic mass is 32.2. The van der Waals surface area contributed by atoms with Crippen molar-refractivity contribution in [1.82, 2.24) is 0 Å². The number of carbonyl (C=O) groups is 1. The SMILES string of the molecule is CCSc1ccccc1NC(=O)CN(c1cccc(OC)c1)S(C)(=O)=O. The van der Waals surface area contributed by atoms with Gasteiger partial charge >= 0.3 is 0 Å². The van der Waals surface area contributed by atoms with E-state index in [0.717, 1.165) is 21.2 Å². The molecule has 0 radical (unpaired) electrons. The van der Waals surface area contributed by atoms with Crippen molar-refractivity contribution < 1.29 is 17.9 Å². The van der Waals surface area contributed by atoms with E-state index in [1.165, 1.54) is 7.11 Å². The Morgan fingerprint density at radius 2 is 1.92 bits per heavy atom. The number of hydrogen-bond donors (Lipinski definition) is 1. The third-order valence-corrected chi connectivity index (χ3v) is 5.59. The van der Waals surface area contributed by atoms with Crippen molar-refractivity contribution >= 4 is 39.1 Å². The maximum atomic E-state index is 12.5. The Balaban J connectivity index is 2.23. The van der Waals surface area contributed by atoms with Crippen LogP contribution in [0.5, 0.6) is 5.75 Å². The molecule has 0 bridgehead atoms. The van der Waals surface area contributed by atoms with Crippen LogP contribution in [0.1, 0.15) is 6.92 Å². The molecule has 26 heavy (non-hydrogen) atoms. The van der Waals surface area contributed by atoms with Crippen molar-refractivity contribution in [2.45, 2.75) is 11.8 Å². The molecular formula is C18H22N2O4S2. The molecule has 6 nitrogen and oxygen atoms in total. The smallest absolute Gasteiger partial charge is 0.245 e. The van der Waals surface area contributed by atoms with Crippen LogP contribution in [0, 0.1) is 0 Å². The van der Waals surface area contributed by atoms with E-state index in [9.17, 15) is 13.2 Å². The highest BCUT2D eigenvalue weighted by Gasteiger charge is 2.21. The maximum Gasteiger partial charge on any atom is 0.245 e. The van der Waals surface area contributed by atoms with Gasteiger partial charge in [-0.2, -0.15) is 0 Å². The topological polar surface area (TPSA) is 75.7 Å². The molecule has 1 N–H and O–H groups in total. The number of anilines is 2. The molecule has 0 spiro atoms. The van der Waals surface area contributed by atoms with Crippen molar-refractivity contribution in [3.8, 4) is 5.75 Å². The van der Waals surface area contributed by atoms with E-state index < -0.39 is 15.9 Å². The summed E-state index contributed by atoms with van der Waals surface area (Å²) in [6.45, 7) is 1.70. The number of amides is 1. The van der Waals surface area contributed by atoms with Crippen molar-refractivity contribution in [2.24, 2.45) is 0 Å². The summed E-state index contributed by atoms with van der Waals surface area (Å²) in [4.78, 5) is 13.4. The van der Waals surface area contributed by atoms with E-state index in [-0.39, 0.29) is 6.54 Å². The molecule has 0 atom stereocenters. The number of rotatable bonds is 8. The van der Waals surface area contributed by atoms with Crippen molar-refractivity contribution in [3.05, 3.63) is 48.5 Å². The molecule has 0 saturated carbocycles. The fourth-order valence-electron chi connectivity index (χ4n) is 2.34. The number of sulfonamides is 1.